The standard InChI is InChI=1S/C48H57F2N9O6/c1-29-33-8-5-10-35(22-33)48(49,50)24-31-26-56(27-31)16-3-4-20-65-21-7-17-58-44-37(43(52-29)53-30(2)54-44)23-36(46(58)63)32-14-18-57(19-15-32)41(61)25-51-38-11-6-9-34-28-59(47(64)42(34)38)39-12-13-40(60)55-45(39)62/h5-6,8-11,22-23,29,31-32,39,51H,3-4,7,12-21,24-28H2,1-2H3,(H,52,53,54)(H,55,60,62)/t29-,39?/m1/s1. The number of pyridine rings is 1. The highest BCUT2D eigenvalue weighted by atomic mass is 19.3. The number of alkyl halides is 2. The maximum absolute atomic E-state index is 15.7. The minimum absolute atomic E-state index is 0.00102. The number of likely N-dealkylation sites (tertiary alicyclic amines) is 1. The Morgan fingerprint density at radius 1 is 0.938 bits per heavy atom. The molecule has 0 radical (unpaired) electrons. The second-order valence-corrected chi connectivity index (χ2v) is 18.4. The summed E-state index contributed by atoms with van der Waals surface area (Å²) in [5, 5.41) is 9.65. The molecule has 17 heteroatoms. The van der Waals surface area contributed by atoms with Crippen molar-refractivity contribution in [1.82, 2.24) is 34.6 Å². The van der Waals surface area contributed by atoms with Gasteiger partial charge in [-0.3, -0.25) is 33.9 Å². The van der Waals surface area contributed by atoms with Gasteiger partial charge in [0.2, 0.25) is 17.7 Å². The number of hydrogen-bond donors (Lipinski definition) is 3. The molecule has 10 rings (SSSR count). The highest BCUT2D eigenvalue weighted by Gasteiger charge is 2.41. The first-order valence-electron chi connectivity index (χ1n) is 23.1. The molecule has 6 aliphatic heterocycles. The van der Waals surface area contributed by atoms with Gasteiger partial charge in [0.15, 0.2) is 0 Å². The van der Waals surface area contributed by atoms with Crippen LogP contribution in [0.1, 0.15) is 109 Å². The molecule has 4 aromatic rings. The predicted molar refractivity (Wildman–Crippen MR) is 240 cm³/mol. The topological polar surface area (TPSA) is 171 Å². The number of halogens is 2. The summed E-state index contributed by atoms with van der Waals surface area (Å²) >= 11 is 0. The summed E-state index contributed by atoms with van der Waals surface area (Å²) in [4.78, 5) is 81.2. The highest BCUT2D eigenvalue weighted by Crippen LogP contribution is 2.39. The van der Waals surface area contributed by atoms with E-state index in [1.807, 2.05) is 25.1 Å². The number of piperidine rings is 2. The van der Waals surface area contributed by atoms with Gasteiger partial charge in [-0.2, -0.15) is 0 Å². The number of benzene rings is 2. The number of carbonyl (C=O) groups excluding carboxylic acids is 4. The Labute approximate surface area is 376 Å². The van der Waals surface area contributed by atoms with Crippen LogP contribution in [0.25, 0.3) is 11.0 Å². The maximum atomic E-state index is 15.7. The van der Waals surface area contributed by atoms with Crippen LogP contribution in [0.15, 0.2) is 53.3 Å². The first-order valence-corrected chi connectivity index (χ1v) is 23.1. The van der Waals surface area contributed by atoms with Gasteiger partial charge in [0, 0.05) is 88.2 Å². The Balaban J connectivity index is 0.922. The Hall–Kier alpha value is -5.81. The third-order valence-electron chi connectivity index (χ3n) is 13.8. The minimum Gasteiger partial charge on any atom is -0.381 e. The van der Waals surface area contributed by atoms with E-state index >= 15 is 8.78 Å². The summed E-state index contributed by atoms with van der Waals surface area (Å²) in [7, 11) is 0. The monoisotopic (exact) mass is 893 g/mol. The molecule has 8 bridgehead atoms. The minimum atomic E-state index is -2.97. The van der Waals surface area contributed by atoms with E-state index in [9.17, 15) is 24.0 Å². The zero-order chi connectivity index (χ0) is 45.4. The van der Waals surface area contributed by atoms with Gasteiger partial charge < -0.3 is 30.1 Å². The van der Waals surface area contributed by atoms with Crippen LogP contribution in [0.4, 0.5) is 20.3 Å². The number of nitrogens with one attached hydrogen (secondary N) is 3. The second kappa shape index (κ2) is 18.6. The number of ether oxygens (including phenoxy) is 1. The number of hydrogen-bond acceptors (Lipinski definition) is 11. The van der Waals surface area contributed by atoms with E-state index in [1.165, 1.54) is 11.0 Å². The molecule has 8 heterocycles. The van der Waals surface area contributed by atoms with Crippen LogP contribution in [0.5, 0.6) is 0 Å². The Bertz CT molecular complexity index is 2550. The van der Waals surface area contributed by atoms with Crippen LogP contribution in [0.3, 0.4) is 0 Å². The number of nitrogens with zero attached hydrogens (tertiary/aromatic N) is 6. The lowest BCUT2D eigenvalue weighted by Gasteiger charge is -2.41. The van der Waals surface area contributed by atoms with Crippen molar-refractivity contribution in [2.45, 2.75) is 102 Å². The van der Waals surface area contributed by atoms with Gasteiger partial charge >= 0.3 is 0 Å². The van der Waals surface area contributed by atoms with E-state index in [-0.39, 0.29) is 73.0 Å². The average Bonchev–Trinajstić information content (AvgIpc) is 3.61. The summed E-state index contributed by atoms with van der Waals surface area (Å²) in [5.41, 5.74) is 3.30. The SMILES string of the molecule is Cc1nc2c3cc(C4CCN(C(=O)CNc5cccc6c5C(=O)N(C5CCC(=O)NC5=O)C6)CC4)c(=O)n(c3n1)CCCOCCCCN1CC(C1)CC(F)(F)c1cccc(c1)[C@@H](C)N2. The quantitative estimate of drug-likeness (QED) is 0.217. The van der Waals surface area contributed by atoms with Crippen molar-refractivity contribution in [2.75, 3.05) is 63.1 Å². The van der Waals surface area contributed by atoms with Crippen LogP contribution >= 0.6 is 0 Å². The molecule has 0 aliphatic carbocycles. The molecule has 1 unspecified atom stereocenters. The van der Waals surface area contributed by atoms with E-state index in [1.54, 1.807) is 40.7 Å². The lowest BCUT2D eigenvalue weighted by Crippen LogP contribution is -2.52. The molecular weight excluding hydrogens is 837 g/mol. The Kier molecular flexibility index (Phi) is 12.7. The molecule has 344 valence electrons. The predicted octanol–water partition coefficient (Wildman–Crippen LogP) is 5.47. The Morgan fingerprint density at radius 2 is 1.72 bits per heavy atom. The average molecular weight is 894 g/mol. The zero-order valence-corrected chi connectivity index (χ0v) is 37.0. The van der Waals surface area contributed by atoms with Crippen molar-refractivity contribution >= 4 is 46.2 Å². The summed E-state index contributed by atoms with van der Waals surface area (Å²) in [5.74, 6) is -3.52. The molecule has 0 spiro atoms. The molecule has 0 saturated carbocycles. The summed E-state index contributed by atoms with van der Waals surface area (Å²) in [6.45, 7) is 8.33. The molecule has 4 amide bonds. The lowest BCUT2D eigenvalue weighted by molar-refractivity contribution is -0.137. The second-order valence-electron chi connectivity index (χ2n) is 18.4. The fourth-order valence-electron chi connectivity index (χ4n) is 10.2. The molecule has 65 heavy (non-hydrogen) atoms. The van der Waals surface area contributed by atoms with Crippen molar-refractivity contribution in [3.63, 3.8) is 0 Å². The van der Waals surface area contributed by atoms with Crippen molar-refractivity contribution in [1.29, 1.82) is 0 Å². The van der Waals surface area contributed by atoms with Gasteiger partial charge in [0.25, 0.3) is 17.4 Å². The fraction of sp³-hybridized carbons (Fsp3) is 0.521. The third-order valence-corrected chi connectivity index (χ3v) is 13.8. The number of rotatable bonds is 5. The van der Waals surface area contributed by atoms with Gasteiger partial charge in [-0.1, -0.05) is 30.3 Å². The van der Waals surface area contributed by atoms with E-state index in [4.69, 9.17) is 14.7 Å². The number of aromatic nitrogens is 3. The molecule has 2 aromatic heterocycles. The molecule has 2 aromatic carbocycles. The van der Waals surface area contributed by atoms with E-state index in [0.29, 0.717) is 110 Å². The first kappa shape index (κ1) is 44.4. The molecule has 15 nitrogen and oxygen atoms in total. The largest absolute Gasteiger partial charge is 0.381 e. The number of amides is 4. The summed E-state index contributed by atoms with van der Waals surface area (Å²) < 4.78 is 39.2. The highest BCUT2D eigenvalue weighted by molar-refractivity contribution is 6.08. The van der Waals surface area contributed by atoms with Crippen LogP contribution in [-0.2, 0) is 38.1 Å². The third kappa shape index (κ3) is 9.35. The molecule has 2 atom stereocenters. The van der Waals surface area contributed by atoms with Crippen LogP contribution in [-0.4, -0.2) is 111 Å². The van der Waals surface area contributed by atoms with Gasteiger partial charge in [-0.15, -0.1) is 0 Å². The molecule has 3 fully saturated rings. The van der Waals surface area contributed by atoms with E-state index in [2.05, 4.69) is 20.9 Å². The molecular formula is C48H57F2N9O6. The van der Waals surface area contributed by atoms with E-state index < -0.39 is 23.9 Å². The summed E-state index contributed by atoms with van der Waals surface area (Å²) in [6.07, 6.45) is 3.69. The number of carbonyl (C=O) groups is 4. The number of aryl methyl sites for hydroxylation is 2. The smallest absolute Gasteiger partial charge is 0.273 e. The van der Waals surface area contributed by atoms with Gasteiger partial charge in [-0.25, -0.2) is 18.7 Å². The fourth-order valence-corrected chi connectivity index (χ4v) is 10.2. The Morgan fingerprint density at radius 3 is 2.52 bits per heavy atom. The van der Waals surface area contributed by atoms with Gasteiger partial charge in [0.1, 0.15) is 23.3 Å². The van der Waals surface area contributed by atoms with Crippen LogP contribution in [0.2, 0.25) is 0 Å². The molecule has 6 aliphatic rings. The van der Waals surface area contributed by atoms with Crippen molar-refractivity contribution in [2.24, 2.45) is 5.92 Å². The van der Waals surface area contributed by atoms with Crippen molar-refractivity contribution in [3.05, 3.63) is 92.5 Å². The van der Waals surface area contributed by atoms with Gasteiger partial charge in [-0.05, 0) is 100 Å². The number of fused-ring (bicyclic) bond motifs is 10. The maximum Gasteiger partial charge on any atom is 0.273 e. The zero-order valence-electron chi connectivity index (χ0n) is 37.0. The first-order chi connectivity index (χ1) is 31.3. The van der Waals surface area contributed by atoms with Crippen molar-refractivity contribution < 1.29 is 32.7 Å². The normalized spacial score (nSPS) is 24.3. The van der Waals surface area contributed by atoms with Gasteiger partial charge in [0.05, 0.1) is 17.5 Å². The summed E-state index contributed by atoms with van der Waals surface area (Å²) in [6, 6.07) is 12.7. The van der Waals surface area contributed by atoms with Crippen LogP contribution in [0, 0.1) is 12.8 Å². The number of anilines is 2. The van der Waals surface area contributed by atoms with Crippen molar-refractivity contribution in [3.8, 4) is 0 Å². The van der Waals surface area contributed by atoms with Crippen LogP contribution < -0.4 is 21.5 Å². The van der Waals surface area contributed by atoms with E-state index in [0.717, 1.165) is 24.9 Å². The molecule has 3 saturated heterocycles. The number of imide groups is 1. The molecule has 3 N–H and O–H groups in total. The lowest BCUT2D eigenvalue weighted by atomic mass is 9.89.